The standard InChI is InChI=1S/C16H21NO6S/c1-3-23-16(20)12-8-7-11(2)14(10-12)24(21,22)17-9-5-4-6-13(17)15(18)19/h7-8,10,13H,3-6,9H2,1-2H3,(H,18,19). The first-order valence-electron chi connectivity index (χ1n) is 7.81. The Morgan fingerprint density at radius 1 is 1.33 bits per heavy atom. The predicted molar refractivity (Wildman–Crippen MR) is 86.3 cm³/mol. The van der Waals surface area contributed by atoms with Crippen LogP contribution in [0, 0.1) is 6.92 Å². The van der Waals surface area contributed by atoms with Gasteiger partial charge in [0.25, 0.3) is 0 Å². The van der Waals surface area contributed by atoms with Crippen molar-refractivity contribution in [1.29, 1.82) is 0 Å². The number of carboxylic acid groups (broad SMARTS) is 1. The number of carbonyl (C=O) groups excluding carboxylic acids is 1. The summed E-state index contributed by atoms with van der Waals surface area (Å²) in [6, 6.07) is 3.21. The number of piperidine rings is 1. The molecule has 1 aromatic carbocycles. The molecule has 0 amide bonds. The molecule has 1 aliphatic rings. The van der Waals surface area contributed by atoms with Gasteiger partial charge in [-0.15, -0.1) is 0 Å². The van der Waals surface area contributed by atoms with E-state index in [1.165, 1.54) is 18.2 Å². The van der Waals surface area contributed by atoms with Crippen molar-refractivity contribution in [1.82, 2.24) is 4.31 Å². The maximum absolute atomic E-state index is 13.0. The largest absolute Gasteiger partial charge is 0.480 e. The Labute approximate surface area is 141 Å². The number of ether oxygens (including phenoxy) is 1. The molecule has 1 unspecified atom stereocenters. The van der Waals surface area contributed by atoms with Crippen molar-refractivity contribution in [3.63, 3.8) is 0 Å². The molecule has 1 aromatic rings. The number of hydrogen-bond donors (Lipinski definition) is 1. The number of hydrogen-bond acceptors (Lipinski definition) is 5. The van der Waals surface area contributed by atoms with E-state index in [0.29, 0.717) is 18.4 Å². The first-order valence-corrected chi connectivity index (χ1v) is 9.25. The van der Waals surface area contributed by atoms with Gasteiger partial charge in [-0.05, 0) is 50.8 Å². The Hall–Kier alpha value is -1.93. The Kier molecular flexibility index (Phi) is 5.61. The summed E-state index contributed by atoms with van der Waals surface area (Å²) >= 11 is 0. The normalized spacial score (nSPS) is 19.0. The zero-order valence-corrected chi connectivity index (χ0v) is 14.5. The highest BCUT2D eigenvalue weighted by atomic mass is 32.2. The van der Waals surface area contributed by atoms with Crippen molar-refractivity contribution in [3.05, 3.63) is 29.3 Å². The number of rotatable bonds is 5. The average molecular weight is 355 g/mol. The zero-order chi connectivity index (χ0) is 17.9. The summed E-state index contributed by atoms with van der Waals surface area (Å²) < 4.78 is 31.9. The van der Waals surface area contributed by atoms with Crippen LogP contribution in [0.2, 0.25) is 0 Å². The minimum Gasteiger partial charge on any atom is -0.480 e. The summed E-state index contributed by atoms with van der Waals surface area (Å²) in [5.74, 6) is -1.76. The molecule has 1 saturated heterocycles. The lowest BCUT2D eigenvalue weighted by Crippen LogP contribution is -2.48. The third-order valence-corrected chi connectivity index (χ3v) is 6.07. The first kappa shape index (κ1) is 18.4. The highest BCUT2D eigenvalue weighted by molar-refractivity contribution is 7.89. The fraction of sp³-hybridized carbons (Fsp3) is 0.500. The van der Waals surface area contributed by atoms with Gasteiger partial charge in [-0.3, -0.25) is 4.79 Å². The van der Waals surface area contributed by atoms with Crippen molar-refractivity contribution in [3.8, 4) is 0 Å². The van der Waals surface area contributed by atoms with Crippen LogP contribution in [0.15, 0.2) is 23.1 Å². The molecule has 1 aliphatic heterocycles. The van der Waals surface area contributed by atoms with E-state index in [1.807, 2.05) is 0 Å². The van der Waals surface area contributed by atoms with Gasteiger partial charge in [0.2, 0.25) is 10.0 Å². The summed E-state index contributed by atoms with van der Waals surface area (Å²) in [6.07, 6.45) is 1.57. The molecule has 1 atom stereocenters. The number of carbonyl (C=O) groups is 2. The zero-order valence-electron chi connectivity index (χ0n) is 13.7. The third kappa shape index (κ3) is 3.59. The van der Waals surface area contributed by atoms with E-state index in [0.717, 1.165) is 4.31 Å². The van der Waals surface area contributed by atoms with Crippen LogP contribution in [-0.2, 0) is 19.6 Å². The second-order valence-electron chi connectivity index (χ2n) is 5.67. The molecule has 1 fully saturated rings. The molecule has 24 heavy (non-hydrogen) atoms. The lowest BCUT2D eigenvalue weighted by Gasteiger charge is -2.32. The molecular formula is C16H21NO6S. The molecule has 7 nitrogen and oxygen atoms in total. The van der Waals surface area contributed by atoms with Crippen LogP contribution in [0.4, 0.5) is 0 Å². The number of esters is 1. The van der Waals surface area contributed by atoms with Gasteiger partial charge in [0.1, 0.15) is 6.04 Å². The van der Waals surface area contributed by atoms with Crippen LogP contribution in [0.25, 0.3) is 0 Å². The quantitative estimate of drug-likeness (QED) is 0.808. The molecule has 2 rings (SSSR count). The van der Waals surface area contributed by atoms with E-state index < -0.39 is 28.0 Å². The summed E-state index contributed by atoms with van der Waals surface area (Å²) in [5.41, 5.74) is 0.586. The second kappa shape index (κ2) is 7.31. The Morgan fingerprint density at radius 2 is 2.04 bits per heavy atom. The average Bonchev–Trinajstić information content (AvgIpc) is 2.55. The molecule has 1 heterocycles. The van der Waals surface area contributed by atoms with Crippen molar-refractivity contribution in [2.45, 2.75) is 44.0 Å². The van der Waals surface area contributed by atoms with Gasteiger partial charge in [0.05, 0.1) is 17.1 Å². The van der Waals surface area contributed by atoms with E-state index in [2.05, 4.69) is 0 Å². The number of aliphatic carboxylic acids is 1. The topological polar surface area (TPSA) is 101 Å². The molecule has 8 heteroatoms. The van der Waals surface area contributed by atoms with Crippen molar-refractivity contribution in [2.24, 2.45) is 0 Å². The van der Waals surface area contributed by atoms with Crippen LogP contribution in [0.3, 0.4) is 0 Å². The SMILES string of the molecule is CCOC(=O)c1ccc(C)c(S(=O)(=O)N2CCCCC2C(=O)O)c1. The van der Waals surface area contributed by atoms with Crippen molar-refractivity contribution < 1.29 is 27.9 Å². The van der Waals surface area contributed by atoms with E-state index in [4.69, 9.17) is 4.74 Å². The summed E-state index contributed by atoms with van der Waals surface area (Å²) in [7, 11) is -4.01. The molecule has 0 bridgehead atoms. The first-order chi connectivity index (χ1) is 11.3. The van der Waals surface area contributed by atoms with Gasteiger partial charge in [-0.25, -0.2) is 13.2 Å². The van der Waals surface area contributed by atoms with E-state index >= 15 is 0 Å². The Balaban J connectivity index is 2.46. The van der Waals surface area contributed by atoms with Gasteiger partial charge < -0.3 is 9.84 Å². The fourth-order valence-electron chi connectivity index (χ4n) is 2.79. The molecule has 0 radical (unpaired) electrons. The number of nitrogens with zero attached hydrogens (tertiary/aromatic N) is 1. The molecule has 132 valence electrons. The lowest BCUT2D eigenvalue weighted by atomic mass is 10.1. The van der Waals surface area contributed by atoms with Gasteiger partial charge in [-0.1, -0.05) is 6.07 Å². The highest BCUT2D eigenvalue weighted by Gasteiger charge is 2.38. The van der Waals surface area contributed by atoms with Crippen LogP contribution >= 0.6 is 0 Å². The maximum atomic E-state index is 13.0. The Bertz CT molecular complexity index is 743. The predicted octanol–water partition coefficient (Wildman–Crippen LogP) is 1.80. The second-order valence-corrected chi connectivity index (χ2v) is 7.53. The third-order valence-electron chi connectivity index (χ3n) is 4.02. The van der Waals surface area contributed by atoms with E-state index in [-0.39, 0.29) is 30.0 Å². The van der Waals surface area contributed by atoms with Gasteiger partial charge in [0, 0.05) is 6.54 Å². The van der Waals surface area contributed by atoms with Crippen molar-refractivity contribution in [2.75, 3.05) is 13.2 Å². The highest BCUT2D eigenvalue weighted by Crippen LogP contribution is 2.28. The molecule has 0 spiro atoms. The fourth-order valence-corrected chi connectivity index (χ4v) is 4.69. The number of sulfonamides is 1. The number of aryl methyl sites for hydroxylation is 1. The summed E-state index contributed by atoms with van der Waals surface area (Å²) in [5, 5.41) is 9.32. The molecule has 0 aliphatic carbocycles. The minimum absolute atomic E-state index is 0.0544. The summed E-state index contributed by atoms with van der Waals surface area (Å²) in [6.45, 7) is 3.61. The molecular weight excluding hydrogens is 334 g/mol. The lowest BCUT2D eigenvalue weighted by molar-refractivity contribution is -0.142. The molecule has 0 aromatic heterocycles. The minimum atomic E-state index is -4.01. The molecule has 0 saturated carbocycles. The molecule has 1 N–H and O–H groups in total. The smallest absolute Gasteiger partial charge is 0.338 e. The van der Waals surface area contributed by atoms with E-state index in [9.17, 15) is 23.1 Å². The van der Waals surface area contributed by atoms with E-state index in [1.54, 1.807) is 13.8 Å². The van der Waals surface area contributed by atoms with Crippen LogP contribution in [-0.4, -0.2) is 49.0 Å². The Morgan fingerprint density at radius 3 is 2.67 bits per heavy atom. The van der Waals surface area contributed by atoms with Gasteiger partial charge >= 0.3 is 11.9 Å². The van der Waals surface area contributed by atoms with Crippen LogP contribution in [0.5, 0.6) is 0 Å². The van der Waals surface area contributed by atoms with Crippen LogP contribution < -0.4 is 0 Å². The number of benzene rings is 1. The van der Waals surface area contributed by atoms with Crippen molar-refractivity contribution >= 4 is 22.0 Å². The number of carboxylic acids is 1. The van der Waals surface area contributed by atoms with Crippen LogP contribution in [0.1, 0.15) is 42.1 Å². The summed E-state index contributed by atoms with van der Waals surface area (Å²) in [4.78, 5) is 23.2. The van der Waals surface area contributed by atoms with Gasteiger partial charge in [0.15, 0.2) is 0 Å². The maximum Gasteiger partial charge on any atom is 0.338 e. The van der Waals surface area contributed by atoms with Gasteiger partial charge in [-0.2, -0.15) is 4.31 Å². The monoisotopic (exact) mass is 355 g/mol.